The number of carbonyl (C=O) groups is 1. The molecule has 0 bridgehead atoms. The molecule has 1 aliphatic rings. The molecular weight excluding hydrogens is 142 g/mol. The first-order chi connectivity index (χ1) is 5.40. The summed E-state index contributed by atoms with van der Waals surface area (Å²) in [7, 11) is 0. The number of hydrogen-bond acceptors (Lipinski definition) is 3. The van der Waals surface area contributed by atoms with E-state index >= 15 is 0 Å². The second kappa shape index (κ2) is 2.38. The minimum Gasteiger partial charge on any atom is -0.356 e. The lowest BCUT2D eigenvalue weighted by Gasteiger charge is -2.14. The zero-order valence-corrected chi connectivity index (χ0v) is 6.08. The van der Waals surface area contributed by atoms with Crippen LogP contribution < -0.4 is 5.32 Å². The highest BCUT2D eigenvalue weighted by atomic mass is 16.1. The maximum atomic E-state index is 10.3. The number of nitrogens with one attached hydrogen (secondary N) is 1. The molecule has 11 heavy (non-hydrogen) atoms. The molecule has 1 N–H and O–H groups in total. The van der Waals surface area contributed by atoms with E-state index in [1.807, 2.05) is 4.57 Å². The van der Waals surface area contributed by atoms with Crippen molar-refractivity contribution in [3.05, 3.63) is 11.9 Å². The lowest BCUT2D eigenvalue weighted by Crippen LogP contribution is -2.16. The minimum atomic E-state index is 0.509. The van der Waals surface area contributed by atoms with Gasteiger partial charge in [-0.25, -0.2) is 4.98 Å². The van der Waals surface area contributed by atoms with E-state index in [4.69, 9.17) is 0 Å². The number of imidazole rings is 1. The third-order valence-electron chi connectivity index (χ3n) is 1.77. The highest BCUT2D eigenvalue weighted by molar-refractivity contribution is 5.72. The van der Waals surface area contributed by atoms with Gasteiger partial charge in [0, 0.05) is 19.3 Å². The van der Waals surface area contributed by atoms with Crippen molar-refractivity contribution in [2.45, 2.75) is 13.0 Å². The van der Waals surface area contributed by atoms with Crippen LogP contribution in [0.5, 0.6) is 0 Å². The van der Waals surface area contributed by atoms with Gasteiger partial charge in [-0.15, -0.1) is 0 Å². The first kappa shape index (κ1) is 6.39. The van der Waals surface area contributed by atoms with E-state index in [1.54, 1.807) is 6.20 Å². The maximum absolute atomic E-state index is 10.3. The Balaban J connectivity index is 2.39. The second-order valence-electron chi connectivity index (χ2n) is 2.58. The number of fused-ring (bicyclic) bond motifs is 1. The Bertz CT molecular complexity index is 256. The first-order valence-electron chi connectivity index (χ1n) is 3.66. The second-order valence-corrected chi connectivity index (χ2v) is 2.58. The van der Waals surface area contributed by atoms with Crippen molar-refractivity contribution in [2.24, 2.45) is 0 Å². The number of aryl methyl sites for hydroxylation is 1. The SMILES string of the molecule is O=Cc1cn2c(n1)NCCC2. The summed E-state index contributed by atoms with van der Waals surface area (Å²) in [6.45, 7) is 1.92. The van der Waals surface area contributed by atoms with Gasteiger partial charge in [0.2, 0.25) is 5.95 Å². The molecule has 0 saturated heterocycles. The van der Waals surface area contributed by atoms with Crippen LogP contribution in [0.2, 0.25) is 0 Å². The molecule has 0 unspecified atom stereocenters. The van der Waals surface area contributed by atoms with Gasteiger partial charge in [-0.2, -0.15) is 0 Å². The summed E-state index contributed by atoms with van der Waals surface area (Å²) in [4.78, 5) is 14.4. The van der Waals surface area contributed by atoms with Gasteiger partial charge >= 0.3 is 0 Å². The number of nitrogens with zero attached hydrogens (tertiary/aromatic N) is 2. The summed E-state index contributed by atoms with van der Waals surface area (Å²) in [5, 5.41) is 3.11. The van der Waals surface area contributed by atoms with Crippen molar-refractivity contribution < 1.29 is 4.79 Å². The summed E-state index contributed by atoms with van der Waals surface area (Å²) in [6, 6.07) is 0. The lowest BCUT2D eigenvalue weighted by molar-refractivity contribution is 0.111. The van der Waals surface area contributed by atoms with Crippen LogP contribution in [-0.2, 0) is 6.54 Å². The molecule has 0 radical (unpaired) electrons. The van der Waals surface area contributed by atoms with Gasteiger partial charge in [-0.1, -0.05) is 0 Å². The van der Waals surface area contributed by atoms with Gasteiger partial charge in [-0.05, 0) is 6.42 Å². The maximum Gasteiger partial charge on any atom is 0.203 e. The Hall–Kier alpha value is -1.32. The monoisotopic (exact) mass is 151 g/mol. The number of anilines is 1. The van der Waals surface area contributed by atoms with E-state index in [9.17, 15) is 4.79 Å². The number of aromatic nitrogens is 2. The highest BCUT2D eigenvalue weighted by Gasteiger charge is 2.09. The van der Waals surface area contributed by atoms with E-state index in [2.05, 4.69) is 10.3 Å². The van der Waals surface area contributed by atoms with Crippen LogP contribution in [-0.4, -0.2) is 22.4 Å². The predicted octanol–water partition coefficient (Wildman–Crippen LogP) is 0.511. The molecule has 0 aliphatic carbocycles. The van der Waals surface area contributed by atoms with E-state index in [0.717, 1.165) is 31.7 Å². The summed E-state index contributed by atoms with van der Waals surface area (Å²) in [5.41, 5.74) is 0.509. The fourth-order valence-electron chi connectivity index (χ4n) is 1.25. The molecule has 4 nitrogen and oxygen atoms in total. The third-order valence-corrected chi connectivity index (χ3v) is 1.77. The fourth-order valence-corrected chi connectivity index (χ4v) is 1.25. The fraction of sp³-hybridized carbons (Fsp3) is 0.429. The minimum absolute atomic E-state index is 0.509. The molecule has 0 amide bonds. The van der Waals surface area contributed by atoms with Crippen LogP contribution in [0.1, 0.15) is 16.9 Å². The van der Waals surface area contributed by atoms with E-state index in [1.165, 1.54) is 0 Å². The Morgan fingerprint density at radius 2 is 2.64 bits per heavy atom. The van der Waals surface area contributed by atoms with Crippen LogP contribution in [0.15, 0.2) is 6.20 Å². The molecule has 1 aromatic heterocycles. The molecule has 4 heteroatoms. The molecule has 1 aromatic rings. The Morgan fingerprint density at radius 3 is 3.36 bits per heavy atom. The van der Waals surface area contributed by atoms with Crippen LogP contribution >= 0.6 is 0 Å². The normalized spacial score (nSPS) is 15.3. The molecular formula is C7H9N3O. The molecule has 0 atom stereocenters. The Morgan fingerprint density at radius 1 is 1.73 bits per heavy atom. The van der Waals surface area contributed by atoms with Crippen molar-refractivity contribution in [3.8, 4) is 0 Å². The zero-order chi connectivity index (χ0) is 7.68. The topological polar surface area (TPSA) is 46.9 Å². The Labute approximate surface area is 64.2 Å². The smallest absolute Gasteiger partial charge is 0.203 e. The predicted molar refractivity (Wildman–Crippen MR) is 40.7 cm³/mol. The van der Waals surface area contributed by atoms with Crippen LogP contribution in [0, 0.1) is 0 Å². The van der Waals surface area contributed by atoms with Gasteiger partial charge < -0.3 is 9.88 Å². The average molecular weight is 151 g/mol. The van der Waals surface area contributed by atoms with Gasteiger partial charge in [-0.3, -0.25) is 4.79 Å². The lowest BCUT2D eigenvalue weighted by atomic mass is 10.4. The number of carbonyl (C=O) groups excluding carboxylic acids is 1. The van der Waals surface area contributed by atoms with Crippen molar-refractivity contribution >= 4 is 12.2 Å². The molecule has 2 heterocycles. The largest absolute Gasteiger partial charge is 0.356 e. The van der Waals surface area contributed by atoms with Crippen LogP contribution in [0.4, 0.5) is 5.95 Å². The van der Waals surface area contributed by atoms with Crippen LogP contribution in [0.25, 0.3) is 0 Å². The van der Waals surface area contributed by atoms with Gasteiger partial charge in [0.25, 0.3) is 0 Å². The number of aldehydes is 1. The molecule has 58 valence electrons. The number of hydrogen-bond donors (Lipinski definition) is 1. The van der Waals surface area contributed by atoms with E-state index in [-0.39, 0.29) is 0 Å². The summed E-state index contributed by atoms with van der Waals surface area (Å²) < 4.78 is 1.97. The van der Waals surface area contributed by atoms with Crippen molar-refractivity contribution in [2.75, 3.05) is 11.9 Å². The van der Waals surface area contributed by atoms with Crippen LogP contribution in [0.3, 0.4) is 0 Å². The quantitative estimate of drug-likeness (QED) is 0.595. The van der Waals surface area contributed by atoms with Gasteiger partial charge in [0.05, 0.1) is 0 Å². The average Bonchev–Trinajstić information content (AvgIpc) is 2.46. The summed E-state index contributed by atoms with van der Waals surface area (Å²) >= 11 is 0. The number of rotatable bonds is 1. The molecule has 2 rings (SSSR count). The first-order valence-corrected chi connectivity index (χ1v) is 3.66. The van der Waals surface area contributed by atoms with Gasteiger partial charge in [0.1, 0.15) is 5.69 Å². The van der Waals surface area contributed by atoms with Crippen molar-refractivity contribution in [1.29, 1.82) is 0 Å². The standard InChI is InChI=1S/C7H9N3O/c11-5-6-4-10-3-1-2-8-7(10)9-6/h4-5H,1-3H2,(H,8,9). The molecule has 0 aromatic carbocycles. The highest BCUT2D eigenvalue weighted by Crippen LogP contribution is 2.12. The van der Waals surface area contributed by atoms with Crippen molar-refractivity contribution in [3.63, 3.8) is 0 Å². The molecule has 0 fully saturated rings. The Kier molecular flexibility index (Phi) is 1.38. The van der Waals surface area contributed by atoms with Crippen molar-refractivity contribution in [1.82, 2.24) is 9.55 Å². The summed E-state index contributed by atoms with van der Waals surface area (Å²) in [6.07, 6.45) is 3.64. The zero-order valence-electron chi connectivity index (χ0n) is 6.08. The van der Waals surface area contributed by atoms with E-state index < -0.39 is 0 Å². The molecule has 1 aliphatic heterocycles. The third kappa shape index (κ3) is 1.00. The van der Waals surface area contributed by atoms with Gasteiger partial charge in [0.15, 0.2) is 6.29 Å². The molecule has 0 spiro atoms. The summed E-state index contributed by atoms with van der Waals surface area (Å²) in [5.74, 6) is 0.818. The van der Waals surface area contributed by atoms with E-state index in [0.29, 0.717) is 5.69 Å². The molecule has 0 saturated carbocycles.